The fourth-order valence-corrected chi connectivity index (χ4v) is 3.21. The molecule has 0 fully saturated rings. The Balaban J connectivity index is 1.70. The number of nitrogens with zero attached hydrogens (tertiary/aromatic N) is 3. The van der Waals surface area contributed by atoms with Crippen molar-refractivity contribution >= 4 is 41.6 Å². The maximum absolute atomic E-state index is 6.19. The van der Waals surface area contributed by atoms with Gasteiger partial charge in [0.05, 0.1) is 6.21 Å². The first-order chi connectivity index (χ1) is 13.6. The fraction of sp³-hybridized carbons (Fsp3) is 0.250. The second-order valence-corrected chi connectivity index (χ2v) is 7.43. The van der Waals surface area contributed by atoms with Crippen molar-refractivity contribution < 1.29 is 4.74 Å². The van der Waals surface area contributed by atoms with E-state index in [0.717, 1.165) is 42.0 Å². The van der Waals surface area contributed by atoms with Crippen molar-refractivity contribution in [2.45, 2.75) is 32.8 Å². The van der Waals surface area contributed by atoms with E-state index in [9.17, 15) is 0 Å². The summed E-state index contributed by atoms with van der Waals surface area (Å²) in [5, 5.41) is 12.7. The lowest BCUT2D eigenvalue weighted by atomic mass is 10.2. The summed E-state index contributed by atoms with van der Waals surface area (Å²) in [4.78, 5) is 0. The molecule has 0 spiro atoms. The molecule has 2 aromatic carbocycles. The van der Waals surface area contributed by atoms with E-state index in [2.05, 4.69) is 22.2 Å². The van der Waals surface area contributed by atoms with Gasteiger partial charge >= 0.3 is 0 Å². The van der Waals surface area contributed by atoms with Crippen molar-refractivity contribution in [3.8, 4) is 5.75 Å². The summed E-state index contributed by atoms with van der Waals surface area (Å²) in [5.74, 6) is 1.55. The van der Waals surface area contributed by atoms with Gasteiger partial charge in [0, 0.05) is 22.0 Å². The lowest BCUT2D eigenvalue weighted by Crippen LogP contribution is -2.00. The second-order valence-electron chi connectivity index (χ2n) is 6.20. The molecule has 1 aromatic heterocycles. The van der Waals surface area contributed by atoms with Gasteiger partial charge in [-0.25, -0.2) is 0 Å². The Morgan fingerprint density at radius 3 is 2.89 bits per heavy atom. The summed E-state index contributed by atoms with van der Waals surface area (Å²) in [6, 6.07) is 13.0. The summed E-state index contributed by atoms with van der Waals surface area (Å²) < 4.78 is 7.99. The molecule has 3 aromatic rings. The van der Waals surface area contributed by atoms with Crippen LogP contribution in [0.5, 0.6) is 5.75 Å². The number of rotatable bonds is 8. The van der Waals surface area contributed by atoms with Crippen LogP contribution in [0.15, 0.2) is 47.6 Å². The zero-order valence-corrected chi connectivity index (χ0v) is 17.7. The maximum atomic E-state index is 6.19. The molecule has 146 valence electrons. The normalized spacial score (nSPS) is 11.2. The highest BCUT2D eigenvalue weighted by Gasteiger charge is 2.05. The van der Waals surface area contributed by atoms with Crippen molar-refractivity contribution in [2.75, 3.05) is 0 Å². The van der Waals surface area contributed by atoms with Crippen molar-refractivity contribution in [2.24, 2.45) is 5.10 Å². The van der Waals surface area contributed by atoms with Crippen LogP contribution in [-0.4, -0.2) is 21.1 Å². The summed E-state index contributed by atoms with van der Waals surface area (Å²) in [5.41, 5.74) is 1.76. The molecule has 1 heterocycles. The number of hydrogen-bond donors (Lipinski definition) is 1. The number of unbranched alkanes of at least 4 members (excludes halogenated alkanes) is 1. The number of aromatic nitrogens is 3. The van der Waals surface area contributed by atoms with Crippen LogP contribution in [0.3, 0.4) is 0 Å². The number of nitrogens with one attached hydrogen (secondary N) is 1. The highest BCUT2D eigenvalue weighted by molar-refractivity contribution is 7.71. The average molecular weight is 435 g/mol. The van der Waals surface area contributed by atoms with E-state index in [1.807, 2.05) is 30.3 Å². The number of benzene rings is 2. The molecule has 3 rings (SSSR count). The molecule has 0 aliphatic rings. The van der Waals surface area contributed by atoms with Gasteiger partial charge in [0.1, 0.15) is 12.4 Å². The first kappa shape index (κ1) is 20.6. The quantitative estimate of drug-likeness (QED) is 0.346. The molecule has 0 bridgehead atoms. The predicted octanol–water partition coefficient (Wildman–Crippen LogP) is 6.05. The molecule has 0 saturated heterocycles. The summed E-state index contributed by atoms with van der Waals surface area (Å²) in [7, 11) is 0. The molecule has 0 amide bonds. The summed E-state index contributed by atoms with van der Waals surface area (Å²) in [6.45, 7) is 2.49. The highest BCUT2D eigenvalue weighted by Crippen LogP contribution is 2.23. The number of aromatic amines is 1. The predicted molar refractivity (Wildman–Crippen MR) is 116 cm³/mol. The maximum Gasteiger partial charge on any atom is 0.216 e. The molecule has 0 aliphatic carbocycles. The van der Waals surface area contributed by atoms with E-state index in [1.165, 1.54) is 0 Å². The van der Waals surface area contributed by atoms with Gasteiger partial charge in [0.25, 0.3) is 0 Å². The molecule has 0 unspecified atom stereocenters. The lowest BCUT2D eigenvalue weighted by molar-refractivity contribution is 0.306. The molecule has 5 nitrogen and oxygen atoms in total. The van der Waals surface area contributed by atoms with Crippen LogP contribution >= 0.6 is 35.4 Å². The Hall–Kier alpha value is -2.15. The summed E-state index contributed by atoms with van der Waals surface area (Å²) >= 11 is 17.4. The van der Waals surface area contributed by atoms with Gasteiger partial charge in [-0.05, 0) is 48.5 Å². The Bertz CT molecular complexity index is 1030. The van der Waals surface area contributed by atoms with Gasteiger partial charge in [-0.15, -0.1) is 0 Å². The number of halogens is 2. The minimum Gasteiger partial charge on any atom is -0.489 e. The van der Waals surface area contributed by atoms with E-state index < -0.39 is 0 Å². The molecule has 0 radical (unpaired) electrons. The van der Waals surface area contributed by atoms with Gasteiger partial charge < -0.3 is 4.74 Å². The monoisotopic (exact) mass is 434 g/mol. The van der Waals surface area contributed by atoms with Crippen LogP contribution in [-0.2, 0) is 13.0 Å². The van der Waals surface area contributed by atoms with Crippen LogP contribution in [0, 0.1) is 4.77 Å². The molecule has 28 heavy (non-hydrogen) atoms. The van der Waals surface area contributed by atoms with E-state index in [-0.39, 0.29) is 0 Å². The van der Waals surface area contributed by atoms with Crippen molar-refractivity contribution in [1.82, 2.24) is 14.9 Å². The Kier molecular flexibility index (Phi) is 7.25. The number of aryl methyl sites for hydroxylation is 1. The second kappa shape index (κ2) is 9.87. The topological polar surface area (TPSA) is 55.2 Å². The lowest BCUT2D eigenvalue weighted by Gasteiger charge is -2.08. The zero-order chi connectivity index (χ0) is 19.9. The summed E-state index contributed by atoms with van der Waals surface area (Å²) in [6.07, 6.45) is 4.68. The third-order valence-electron chi connectivity index (χ3n) is 4.06. The van der Waals surface area contributed by atoms with E-state index in [0.29, 0.717) is 21.4 Å². The van der Waals surface area contributed by atoms with Crippen molar-refractivity contribution in [3.05, 3.63) is 74.2 Å². The van der Waals surface area contributed by atoms with E-state index >= 15 is 0 Å². The third kappa shape index (κ3) is 5.44. The molecule has 0 saturated carbocycles. The number of H-pyrrole nitrogens is 1. The molecule has 0 aliphatic heterocycles. The average Bonchev–Trinajstić information content (AvgIpc) is 3.04. The van der Waals surface area contributed by atoms with Crippen LogP contribution in [0.4, 0.5) is 0 Å². The smallest absolute Gasteiger partial charge is 0.216 e. The first-order valence-corrected chi connectivity index (χ1v) is 10.1. The van der Waals surface area contributed by atoms with Gasteiger partial charge in [-0.2, -0.15) is 14.9 Å². The van der Waals surface area contributed by atoms with Crippen LogP contribution in [0.25, 0.3) is 0 Å². The largest absolute Gasteiger partial charge is 0.489 e. The standard InChI is InChI=1S/C20H20Cl2N4OS/c1-2-3-7-19-24-25-20(28)26(19)23-12-14-5-4-6-17(10-14)27-13-15-8-9-16(21)11-18(15)22/h4-6,8-12H,2-3,7,13H2,1H3,(H,25,28)/b23-12+. The number of hydrogen-bond acceptors (Lipinski definition) is 4. The van der Waals surface area contributed by atoms with Crippen molar-refractivity contribution in [3.63, 3.8) is 0 Å². The molecular formula is C20H20Cl2N4OS. The Morgan fingerprint density at radius 1 is 1.25 bits per heavy atom. The minimum absolute atomic E-state index is 0.352. The molecule has 1 N–H and O–H groups in total. The Labute approximate surface area is 179 Å². The van der Waals surface area contributed by atoms with Crippen molar-refractivity contribution in [1.29, 1.82) is 0 Å². The van der Waals surface area contributed by atoms with E-state index in [1.54, 1.807) is 23.0 Å². The van der Waals surface area contributed by atoms with Crippen LogP contribution < -0.4 is 4.74 Å². The molecular weight excluding hydrogens is 415 g/mol. The fourth-order valence-electron chi connectivity index (χ4n) is 2.55. The Morgan fingerprint density at radius 2 is 2.11 bits per heavy atom. The molecule has 0 atom stereocenters. The van der Waals surface area contributed by atoms with Crippen LogP contribution in [0.1, 0.15) is 36.7 Å². The van der Waals surface area contributed by atoms with Gasteiger partial charge in [-0.3, -0.25) is 5.10 Å². The highest BCUT2D eigenvalue weighted by atomic mass is 35.5. The van der Waals surface area contributed by atoms with E-state index in [4.69, 9.17) is 40.2 Å². The minimum atomic E-state index is 0.352. The first-order valence-electron chi connectivity index (χ1n) is 8.94. The van der Waals surface area contributed by atoms with Gasteiger partial charge in [-0.1, -0.05) is 54.7 Å². The number of ether oxygens (including phenoxy) is 1. The zero-order valence-electron chi connectivity index (χ0n) is 15.4. The molecule has 8 heteroatoms. The third-order valence-corrected chi connectivity index (χ3v) is 4.91. The van der Waals surface area contributed by atoms with Crippen LogP contribution in [0.2, 0.25) is 10.0 Å². The SMILES string of the molecule is CCCCc1n[nH]c(=S)n1/N=C/c1cccc(OCc2ccc(Cl)cc2Cl)c1. The van der Waals surface area contributed by atoms with Gasteiger partial charge in [0.2, 0.25) is 4.77 Å². The van der Waals surface area contributed by atoms with Gasteiger partial charge in [0.15, 0.2) is 5.82 Å².